The maximum Gasteiger partial charge on any atom is 0.418 e. The lowest BCUT2D eigenvalue weighted by Crippen LogP contribution is -2.52. The molecular weight excluding hydrogens is 309 g/mol. The van der Waals surface area contributed by atoms with Gasteiger partial charge >= 0.3 is 6.18 Å². The number of aliphatic hydroxyl groups is 1. The fourth-order valence-corrected chi connectivity index (χ4v) is 5.06. The van der Waals surface area contributed by atoms with Crippen LogP contribution in [0, 0.1) is 11.8 Å². The lowest BCUT2D eigenvalue weighted by atomic mass is 9.94. The van der Waals surface area contributed by atoms with Crippen LogP contribution >= 0.6 is 0 Å². The molecule has 0 aromatic rings. The van der Waals surface area contributed by atoms with Crippen molar-refractivity contribution in [3.63, 3.8) is 0 Å². The van der Waals surface area contributed by atoms with Gasteiger partial charge in [0.1, 0.15) is 0 Å². The van der Waals surface area contributed by atoms with Gasteiger partial charge in [-0.2, -0.15) is 30.2 Å². The highest BCUT2D eigenvalue weighted by Crippen LogP contribution is 2.39. The molecule has 2 fully saturated rings. The van der Waals surface area contributed by atoms with E-state index in [1.54, 1.807) is 0 Å². The quantitative estimate of drug-likeness (QED) is 0.828. The first kappa shape index (κ1) is 17.0. The van der Waals surface area contributed by atoms with E-state index in [1.165, 1.54) is 4.31 Å². The van der Waals surface area contributed by atoms with Gasteiger partial charge in [-0.3, -0.25) is 0 Å². The first-order chi connectivity index (χ1) is 9.46. The van der Waals surface area contributed by atoms with Crippen LogP contribution in [0.15, 0.2) is 0 Å². The summed E-state index contributed by atoms with van der Waals surface area (Å²) in [6.45, 7) is 3.25. The van der Waals surface area contributed by atoms with E-state index in [0.717, 1.165) is 10.7 Å². The van der Waals surface area contributed by atoms with Crippen LogP contribution in [0.4, 0.5) is 13.2 Å². The lowest BCUT2D eigenvalue weighted by molar-refractivity contribution is -0.252. The zero-order valence-electron chi connectivity index (χ0n) is 12.1. The summed E-state index contributed by atoms with van der Waals surface area (Å²) < 4.78 is 65.3. The number of alkyl halides is 3. The monoisotopic (exact) mass is 330 g/mol. The van der Waals surface area contributed by atoms with Crippen LogP contribution in [0.5, 0.6) is 0 Å². The molecule has 0 radical (unpaired) electrons. The molecule has 2 rings (SSSR count). The molecule has 124 valence electrons. The minimum absolute atomic E-state index is 0.174. The van der Waals surface area contributed by atoms with E-state index in [0.29, 0.717) is 13.1 Å². The number of halogens is 3. The molecule has 0 bridgehead atoms. The second kappa shape index (κ2) is 5.36. The van der Waals surface area contributed by atoms with Gasteiger partial charge < -0.3 is 5.11 Å². The minimum atomic E-state index is -4.82. The Morgan fingerprint density at radius 3 is 2.10 bits per heavy atom. The molecule has 0 aromatic heterocycles. The molecule has 0 spiro atoms. The first-order valence-electron chi connectivity index (χ1n) is 7.00. The Kier molecular flexibility index (Phi) is 4.34. The molecular formula is C12H21F3N2O3S. The SMILES string of the molecule is CC1CC(C)CN(S(=O)(=O)N2CCC(O)(C(F)(F)F)C2)C1. The average Bonchev–Trinajstić information content (AvgIpc) is 2.72. The Labute approximate surface area is 122 Å². The molecule has 3 atom stereocenters. The standard InChI is InChI=1S/C12H21F3N2O3S/c1-9-5-10(2)7-17(6-9)21(19,20)16-4-3-11(18,8-16)12(13,14)15/h9-10,18H,3-8H2,1-2H3. The van der Waals surface area contributed by atoms with Crippen molar-refractivity contribution in [3.8, 4) is 0 Å². The second-order valence-electron chi connectivity index (χ2n) is 6.38. The van der Waals surface area contributed by atoms with Crippen molar-refractivity contribution in [2.45, 2.75) is 38.5 Å². The number of rotatable bonds is 2. The van der Waals surface area contributed by atoms with E-state index in [9.17, 15) is 26.7 Å². The van der Waals surface area contributed by atoms with Gasteiger partial charge in [-0.05, 0) is 18.3 Å². The second-order valence-corrected chi connectivity index (χ2v) is 8.31. The Morgan fingerprint density at radius 1 is 1.14 bits per heavy atom. The summed E-state index contributed by atoms with van der Waals surface area (Å²) in [5.74, 6) is 0.347. The number of hydrogen-bond acceptors (Lipinski definition) is 3. The van der Waals surface area contributed by atoms with Gasteiger partial charge in [0, 0.05) is 26.1 Å². The first-order valence-corrected chi connectivity index (χ1v) is 8.40. The summed E-state index contributed by atoms with van der Waals surface area (Å²) in [7, 11) is -3.95. The molecule has 2 heterocycles. The van der Waals surface area contributed by atoms with Gasteiger partial charge in [0.05, 0.1) is 6.54 Å². The average molecular weight is 330 g/mol. The van der Waals surface area contributed by atoms with Crippen molar-refractivity contribution < 1.29 is 26.7 Å². The maximum absolute atomic E-state index is 12.8. The highest BCUT2D eigenvalue weighted by Gasteiger charge is 2.59. The van der Waals surface area contributed by atoms with Crippen molar-refractivity contribution in [2.24, 2.45) is 11.8 Å². The normalized spacial score (nSPS) is 37.0. The van der Waals surface area contributed by atoms with Crippen LogP contribution in [0.3, 0.4) is 0 Å². The van der Waals surface area contributed by atoms with E-state index in [2.05, 4.69) is 0 Å². The van der Waals surface area contributed by atoms with Crippen LogP contribution in [-0.4, -0.2) is 60.1 Å². The van der Waals surface area contributed by atoms with E-state index < -0.39 is 35.0 Å². The molecule has 1 N–H and O–H groups in total. The maximum atomic E-state index is 12.8. The summed E-state index contributed by atoms with van der Waals surface area (Å²) in [6.07, 6.45) is -4.53. The van der Waals surface area contributed by atoms with Crippen LogP contribution in [0.1, 0.15) is 26.7 Å². The Hall–Kier alpha value is -0.380. The predicted molar refractivity (Wildman–Crippen MR) is 70.6 cm³/mol. The molecule has 0 aromatic carbocycles. The third-order valence-electron chi connectivity index (χ3n) is 4.23. The molecule has 9 heteroatoms. The van der Waals surface area contributed by atoms with Crippen molar-refractivity contribution in [1.82, 2.24) is 8.61 Å². The molecule has 0 aliphatic carbocycles. The predicted octanol–water partition coefficient (Wildman–Crippen LogP) is 1.21. The van der Waals surface area contributed by atoms with E-state index in [1.807, 2.05) is 13.8 Å². The minimum Gasteiger partial charge on any atom is -0.379 e. The molecule has 2 aliphatic rings. The molecule has 0 amide bonds. The van der Waals surface area contributed by atoms with Gasteiger partial charge in [-0.1, -0.05) is 13.8 Å². The van der Waals surface area contributed by atoms with Crippen molar-refractivity contribution >= 4 is 10.2 Å². The summed E-state index contributed by atoms with van der Waals surface area (Å²) >= 11 is 0. The zero-order valence-corrected chi connectivity index (χ0v) is 12.9. The summed E-state index contributed by atoms with van der Waals surface area (Å²) in [4.78, 5) is 0. The Balaban J connectivity index is 2.15. The molecule has 0 saturated carbocycles. The smallest absolute Gasteiger partial charge is 0.379 e. The van der Waals surface area contributed by atoms with Crippen LogP contribution < -0.4 is 0 Å². The van der Waals surface area contributed by atoms with E-state index in [4.69, 9.17) is 0 Å². The highest BCUT2D eigenvalue weighted by atomic mass is 32.2. The topological polar surface area (TPSA) is 60.9 Å². The van der Waals surface area contributed by atoms with Crippen LogP contribution in [0.25, 0.3) is 0 Å². The molecule has 2 aliphatic heterocycles. The largest absolute Gasteiger partial charge is 0.418 e. The summed E-state index contributed by atoms with van der Waals surface area (Å²) in [5, 5.41) is 9.61. The van der Waals surface area contributed by atoms with Crippen molar-refractivity contribution in [1.29, 1.82) is 0 Å². The van der Waals surface area contributed by atoms with Crippen LogP contribution in [-0.2, 0) is 10.2 Å². The van der Waals surface area contributed by atoms with Gasteiger partial charge in [0.15, 0.2) is 5.60 Å². The third kappa shape index (κ3) is 3.20. The zero-order chi connectivity index (χ0) is 16.1. The molecule has 21 heavy (non-hydrogen) atoms. The molecule has 2 saturated heterocycles. The number of piperidine rings is 1. The third-order valence-corrected chi connectivity index (χ3v) is 6.14. The van der Waals surface area contributed by atoms with Crippen molar-refractivity contribution in [3.05, 3.63) is 0 Å². The number of hydrogen-bond donors (Lipinski definition) is 1. The molecule has 5 nitrogen and oxygen atoms in total. The Morgan fingerprint density at radius 2 is 1.67 bits per heavy atom. The van der Waals surface area contributed by atoms with Gasteiger partial charge in [-0.25, -0.2) is 0 Å². The Bertz CT molecular complexity index is 486. The fourth-order valence-electron chi connectivity index (χ4n) is 3.15. The molecule has 3 unspecified atom stereocenters. The fraction of sp³-hybridized carbons (Fsp3) is 1.00. The van der Waals surface area contributed by atoms with Gasteiger partial charge in [-0.15, -0.1) is 0 Å². The number of nitrogens with zero attached hydrogens (tertiary/aromatic N) is 2. The summed E-state index contributed by atoms with van der Waals surface area (Å²) in [6, 6.07) is 0. The number of β-amino-alcohol motifs (C(OH)–C–C–N with tert-alkyl or cyclic N) is 1. The van der Waals surface area contributed by atoms with E-state index in [-0.39, 0.29) is 18.4 Å². The van der Waals surface area contributed by atoms with Gasteiger partial charge in [0.2, 0.25) is 0 Å². The van der Waals surface area contributed by atoms with Crippen molar-refractivity contribution in [2.75, 3.05) is 26.2 Å². The lowest BCUT2D eigenvalue weighted by Gasteiger charge is -2.36. The highest BCUT2D eigenvalue weighted by molar-refractivity contribution is 7.86. The summed E-state index contributed by atoms with van der Waals surface area (Å²) in [5.41, 5.74) is -2.94. The van der Waals surface area contributed by atoms with E-state index >= 15 is 0 Å². The van der Waals surface area contributed by atoms with Crippen LogP contribution in [0.2, 0.25) is 0 Å². The van der Waals surface area contributed by atoms with Gasteiger partial charge in [0.25, 0.3) is 10.2 Å².